The molecule has 1 saturated heterocycles. The predicted molar refractivity (Wildman–Crippen MR) is 113 cm³/mol. The number of carbonyl (C=O) groups is 2. The third-order valence-electron chi connectivity index (χ3n) is 5.30. The fourth-order valence-corrected chi connectivity index (χ4v) is 4.52. The molecule has 1 aromatic heterocycles. The number of aromatic nitrogens is 1. The van der Waals surface area contributed by atoms with Crippen LogP contribution in [0.3, 0.4) is 0 Å². The van der Waals surface area contributed by atoms with Crippen LogP contribution in [-0.4, -0.2) is 35.6 Å². The number of hydrogen-bond acceptors (Lipinski definition) is 6. The number of piperidine rings is 1. The molecule has 0 spiro atoms. The van der Waals surface area contributed by atoms with E-state index in [-0.39, 0.29) is 17.7 Å². The van der Waals surface area contributed by atoms with Crippen molar-refractivity contribution in [3.05, 3.63) is 42.5 Å². The summed E-state index contributed by atoms with van der Waals surface area (Å²) in [7, 11) is 0. The third-order valence-corrected chi connectivity index (χ3v) is 6.37. The summed E-state index contributed by atoms with van der Waals surface area (Å²) >= 11 is 1.51. The number of amides is 2. The van der Waals surface area contributed by atoms with Crippen LogP contribution in [0.1, 0.15) is 12.8 Å². The van der Waals surface area contributed by atoms with E-state index in [1.807, 2.05) is 42.5 Å². The monoisotopic (exact) mass is 408 g/mol. The summed E-state index contributed by atoms with van der Waals surface area (Å²) in [6, 6.07) is 14.0. The van der Waals surface area contributed by atoms with Gasteiger partial charge in [-0.3, -0.25) is 9.59 Å². The molecule has 2 N–H and O–H groups in total. The average Bonchev–Trinajstić information content (AvgIpc) is 3.18. The first-order valence-corrected chi connectivity index (χ1v) is 10.6. The maximum Gasteiger partial charge on any atom is 0.298 e. The van der Waals surface area contributed by atoms with Crippen LogP contribution in [-0.2, 0) is 9.59 Å². The van der Waals surface area contributed by atoms with Crippen LogP contribution in [0.15, 0.2) is 51.8 Å². The number of fused-ring (bicyclic) bond motifs is 2. The van der Waals surface area contributed by atoms with Crippen LogP contribution in [0.4, 0.5) is 17.4 Å². The van der Waals surface area contributed by atoms with Gasteiger partial charge in [0.05, 0.1) is 11.4 Å². The van der Waals surface area contributed by atoms with Crippen molar-refractivity contribution in [2.75, 3.05) is 34.4 Å². The summed E-state index contributed by atoms with van der Waals surface area (Å²) in [5.74, 6) is 0.363. The van der Waals surface area contributed by atoms with Gasteiger partial charge in [0, 0.05) is 29.6 Å². The number of benzene rings is 2. The van der Waals surface area contributed by atoms with Crippen molar-refractivity contribution >= 4 is 52.1 Å². The molecule has 148 valence electrons. The van der Waals surface area contributed by atoms with Crippen LogP contribution >= 0.6 is 11.8 Å². The van der Waals surface area contributed by atoms with Gasteiger partial charge in [-0.2, -0.15) is 4.98 Å². The summed E-state index contributed by atoms with van der Waals surface area (Å²) in [5.41, 5.74) is 3.09. The zero-order valence-electron chi connectivity index (χ0n) is 15.7. The summed E-state index contributed by atoms with van der Waals surface area (Å²) in [5, 5.41) is 5.85. The molecule has 8 heteroatoms. The molecule has 0 radical (unpaired) electrons. The van der Waals surface area contributed by atoms with E-state index in [1.54, 1.807) is 0 Å². The quantitative estimate of drug-likeness (QED) is 0.687. The van der Waals surface area contributed by atoms with Gasteiger partial charge in [-0.15, -0.1) is 11.8 Å². The largest absolute Gasteiger partial charge is 0.423 e. The number of nitrogens with one attached hydrogen (secondary N) is 2. The molecule has 2 amide bonds. The van der Waals surface area contributed by atoms with Crippen molar-refractivity contribution < 1.29 is 14.0 Å². The number of carbonyl (C=O) groups excluding carboxylic acids is 2. The number of nitrogens with zero attached hydrogens (tertiary/aromatic N) is 2. The van der Waals surface area contributed by atoms with Gasteiger partial charge >= 0.3 is 0 Å². The zero-order valence-corrected chi connectivity index (χ0v) is 16.5. The maximum atomic E-state index is 12.7. The normalized spacial score (nSPS) is 17.1. The van der Waals surface area contributed by atoms with Crippen molar-refractivity contribution in [3.8, 4) is 0 Å². The molecular weight excluding hydrogens is 388 g/mol. The summed E-state index contributed by atoms with van der Waals surface area (Å²) < 4.78 is 5.84. The Bertz CT molecular complexity index is 1060. The molecular formula is C21H20N4O3S. The molecule has 2 aliphatic rings. The van der Waals surface area contributed by atoms with E-state index in [1.165, 1.54) is 11.8 Å². The van der Waals surface area contributed by atoms with E-state index >= 15 is 0 Å². The Labute approximate surface area is 171 Å². The topological polar surface area (TPSA) is 87.5 Å². The SMILES string of the molecule is O=C1CSc2ccc(NC(=O)C3CCN(c4nc5ccccc5o4)CC3)cc2N1. The van der Waals surface area contributed by atoms with Crippen LogP contribution in [0.25, 0.3) is 11.1 Å². The molecule has 0 bridgehead atoms. The Kier molecular flexibility index (Phi) is 4.63. The van der Waals surface area contributed by atoms with Gasteiger partial charge in [-0.1, -0.05) is 12.1 Å². The van der Waals surface area contributed by atoms with Gasteiger partial charge in [-0.05, 0) is 43.2 Å². The number of rotatable bonds is 3. The summed E-state index contributed by atoms with van der Waals surface area (Å²) in [6.45, 7) is 1.45. The standard InChI is InChI=1S/C21H20N4O3S/c26-19-12-29-18-6-5-14(11-16(18)23-19)22-20(27)13-7-9-25(10-8-13)21-24-15-3-1-2-4-17(15)28-21/h1-6,11,13H,7-10,12H2,(H,22,27)(H,23,26). The van der Waals surface area contributed by atoms with Gasteiger partial charge in [0.2, 0.25) is 11.8 Å². The van der Waals surface area contributed by atoms with E-state index in [2.05, 4.69) is 20.5 Å². The lowest BCUT2D eigenvalue weighted by molar-refractivity contribution is -0.120. The van der Waals surface area contributed by atoms with E-state index in [9.17, 15) is 9.59 Å². The van der Waals surface area contributed by atoms with Crippen LogP contribution in [0.5, 0.6) is 0 Å². The Morgan fingerprint density at radius 3 is 2.86 bits per heavy atom. The van der Waals surface area contributed by atoms with Crippen molar-refractivity contribution in [2.45, 2.75) is 17.7 Å². The molecule has 3 aromatic rings. The lowest BCUT2D eigenvalue weighted by atomic mass is 9.96. The van der Waals surface area contributed by atoms with Crippen LogP contribution in [0.2, 0.25) is 0 Å². The first-order chi connectivity index (χ1) is 14.2. The minimum absolute atomic E-state index is 0.0111. The highest BCUT2D eigenvalue weighted by molar-refractivity contribution is 8.00. The predicted octanol–water partition coefficient (Wildman–Crippen LogP) is 3.73. The highest BCUT2D eigenvalue weighted by Gasteiger charge is 2.27. The molecule has 2 aliphatic heterocycles. The molecule has 2 aromatic carbocycles. The van der Waals surface area contributed by atoms with E-state index in [0.717, 1.165) is 47.6 Å². The number of para-hydroxylation sites is 2. The highest BCUT2D eigenvalue weighted by Crippen LogP contribution is 2.34. The number of oxazole rings is 1. The van der Waals surface area contributed by atoms with E-state index in [4.69, 9.17) is 4.42 Å². The molecule has 0 aliphatic carbocycles. The van der Waals surface area contributed by atoms with Crippen molar-refractivity contribution in [2.24, 2.45) is 5.92 Å². The molecule has 29 heavy (non-hydrogen) atoms. The van der Waals surface area contributed by atoms with Gasteiger partial charge in [-0.25, -0.2) is 0 Å². The molecule has 1 fully saturated rings. The second kappa shape index (κ2) is 7.44. The second-order valence-electron chi connectivity index (χ2n) is 7.26. The fraction of sp³-hybridized carbons (Fsp3) is 0.286. The lowest BCUT2D eigenvalue weighted by Crippen LogP contribution is -2.38. The molecule has 3 heterocycles. The second-order valence-corrected chi connectivity index (χ2v) is 8.28. The minimum atomic E-state index is -0.0596. The first kappa shape index (κ1) is 18.1. The van der Waals surface area contributed by atoms with Gasteiger partial charge < -0.3 is 20.0 Å². The number of hydrogen-bond donors (Lipinski definition) is 2. The number of anilines is 3. The number of thioether (sulfide) groups is 1. The smallest absolute Gasteiger partial charge is 0.298 e. The fourth-order valence-electron chi connectivity index (χ4n) is 3.73. The van der Waals surface area contributed by atoms with Gasteiger partial charge in [0.1, 0.15) is 5.52 Å². The molecule has 0 atom stereocenters. The minimum Gasteiger partial charge on any atom is -0.423 e. The summed E-state index contributed by atoms with van der Waals surface area (Å²) in [4.78, 5) is 32.0. The molecule has 5 rings (SSSR count). The lowest BCUT2D eigenvalue weighted by Gasteiger charge is -2.30. The Morgan fingerprint density at radius 2 is 2.03 bits per heavy atom. The Balaban J connectivity index is 1.21. The summed E-state index contributed by atoms with van der Waals surface area (Å²) in [6.07, 6.45) is 1.48. The molecule has 7 nitrogen and oxygen atoms in total. The van der Waals surface area contributed by atoms with Crippen LogP contribution in [0, 0.1) is 5.92 Å². The third kappa shape index (κ3) is 3.67. The van der Waals surface area contributed by atoms with Crippen molar-refractivity contribution in [1.82, 2.24) is 4.98 Å². The van der Waals surface area contributed by atoms with Crippen molar-refractivity contribution in [3.63, 3.8) is 0 Å². The molecule has 0 saturated carbocycles. The van der Waals surface area contributed by atoms with Crippen molar-refractivity contribution in [1.29, 1.82) is 0 Å². The van der Waals surface area contributed by atoms with E-state index < -0.39 is 0 Å². The Morgan fingerprint density at radius 1 is 1.21 bits per heavy atom. The Hall–Kier alpha value is -3.00. The van der Waals surface area contributed by atoms with Crippen LogP contribution < -0.4 is 15.5 Å². The highest BCUT2D eigenvalue weighted by atomic mass is 32.2. The van der Waals surface area contributed by atoms with E-state index in [0.29, 0.717) is 17.5 Å². The zero-order chi connectivity index (χ0) is 19.8. The molecule has 0 unspecified atom stereocenters. The van der Waals surface area contributed by atoms with Gasteiger partial charge in [0.15, 0.2) is 5.58 Å². The maximum absolute atomic E-state index is 12.7. The van der Waals surface area contributed by atoms with Gasteiger partial charge in [0.25, 0.3) is 6.01 Å². The first-order valence-electron chi connectivity index (χ1n) is 9.64. The average molecular weight is 408 g/mol.